The molecule has 5 rings (SSSR count). The van der Waals surface area contributed by atoms with Crippen LogP contribution in [-0.2, 0) is 38.4 Å². The fourth-order valence-corrected chi connectivity index (χ4v) is 6.94. The Kier molecular flexibility index (Phi) is 9.03. The van der Waals surface area contributed by atoms with E-state index >= 15 is 0 Å². The second-order valence-electron chi connectivity index (χ2n) is 11.4. The number of ether oxygens (including phenoxy) is 3. The van der Waals surface area contributed by atoms with E-state index in [2.05, 4.69) is 5.32 Å². The molecule has 47 heavy (non-hydrogen) atoms. The molecule has 2 aliphatic rings. The summed E-state index contributed by atoms with van der Waals surface area (Å²) >= 11 is 0. The van der Waals surface area contributed by atoms with Crippen molar-refractivity contribution in [3.63, 3.8) is 0 Å². The lowest BCUT2D eigenvalue weighted by Crippen LogP contribution is -2.57. The van der Waals surface area contributed by atoms with E-state index in [9.17, 15) is 34.4 Å². The van der Waals surface area contributed by atoms with E-state index in [0.29, 0.717) is 24.1 Å². The van der Waals surface area contributed by atoms with E-state index in [1.807, 2.05) is 32.0 Å². The highest BCUT2D eigenvalue weighted by Crippen LogP contribution is 2.53. The van der Waals surface area contributed by atoms with Crippen LogP contribution >= 0.6 is 0 Å². The van der Waals surface area contributed by atoms with Crippen molar-refractivity contribution in [1.82, 2.24) is 5.32 Å². The average molecular weight is 646 g/mol. The molecule has 0 saturated carbocycles. The van der Waals surface area contributed by atoms with Gasteiger partial charge in [-0.25, -0.2) is 9.69 Å². The van der Waals surface area contributed by atoms with Crippen LogP contribution in [0.25, 0.3) is 0 Å². The van der Waals surface area contributed by atoms with E-state index in [1.54, 1.807) is 0 Å². The molecule has 2 heterocycles. The zero-order valence-electron chi connectivity index (χ0n) is 26.6. The minimum absolute atomic E-state index is 0.0611. The number of non-ortho nitro benzene ring substituents is 1. The van der Waals surface area contributed by atoms with Crippen molar-refractivity contribution in [2.24, 2.45) is 11.8 Å². The first-order valence-electron chi connectivity index (χ1n) is 15.0. The van der Waals surface area contributed by atoms with E-state index in [-0.39, 0.29) is 34.7 Å². The average Bonchev–Trinajstić information content (AvgIpc) is 3.56. The maximum atomic E-state index is 14.7. The second kappa shape index (κ2) is 12.8. The molecule has 246 valence electrons. The number of benzene rings is 3. The Labute approximate surface area is 270 Å². The molecule has 4 atom stereocenters. The predicted octanol–water partition coefficient (Wildman–Crippen LogP) is 4.04. The fraction of sp³-hybridized carbons (Fsp3) is 0.353. The number of esters is 1. The summed E-state index contributed by atoms with van der Waals surface area (Å²) < 4.78 is 16.0. The minimum atomic E-state index is -2.08. The molecule has 0 spiro atoms. The number of anilines is 1. The molecule has 3 aromatic carbocycles. The van der Waals surface area contributed by atoms with Gasteiger partial charge in [-0.2, -0.15) is 0 Å². The van der Waals surface area contributed by atoms with Gasteiger partial charge in [-0.15, -0.1) is 0 Å². The summed E-state index contributed by atoms with van der Waals surface area (Å²) in [4.78, 5) is 67.9. The Hall–Kier alpha value is -5.30. The number of carbonyl (C=O) groups excluding carboxylic acids is 3. The zero-order chi connectivity index (χ0) is 34.2. The number of carboxylic acids is 1. The third-order valence-corrected chi connectivity index (χ3v) is 9.14. The largest absolute Gasteiger partial charge is 0.497 e. The van der Waals surface area contributed by atoms with E-state index in [0.717, 1.165) is 16.0 Å². The van der Waals surface area contributed by atoms with Crippen LogP contribution in [0, 0.1) is 22.0 Å². The number of nitrogens with zero attached hydrogens (tertiary/aromatic N) is 2. The number of carbonyl (C=O) groups is 4. The summed E-state index contributed by atoms with van der Waals surface area (Å²) in [5, 5.41) is 25.4. The lowest BCUT2D eigenvalue weighted by Gasteiger charge is -2.32. The van der Waals surface area contributed by atoms with Gasteiger partial charge in [-0.1, -0.05) is 44.2 Å². The van der Waals surface area contributed by atoms with Crippen molar-refractivity contribution < 1.29 is 43.4 Å². The number of amides is 2. The summed E-state index contributed by atoms with van der Waals surface area (Å²) in [6.45, 7) is 3.80. The lowest BCUT2D eigenvalue weighted by molar-refractivity contribution is -0.384. The van der Waals surface area contributed by atoms with Gasteiger partial charge in [-0.05, 0) is 41.2 Å². The van der Waals surface area contributed by atoms with Gasteiger partial charge in [0.25, 0.3) is 5.69 Å². The van der Waals surface area contributed by atoms with Crippen LogP contribution in [0.1, 0.15) is 52.5 Å². The Morgan fingerprint density at radius 2 is 1.62 bits per heavy atom. The molecule has 2 N–H and O–H groups in total. The molecule has 0 aromatic heterocycles. The van der Waals surface area contributed by atoms with Gasteiger partial charge in [0.15, 0.2) is 0 Å². The molecule has 0 aliphatic carbocycles. The number of nitro benzene ring substituents is 1. The van der Waals surface area contributed by atoms with Gasteiger partial charge in [0, 0.05) is 30.7 Å². The van der Waals surface area contributed by atoms with Crippen molar-refractivity contribution in [3.8, 4) is 11.5 Å². The topological polar surface area (TPSA) is 175 Å². The van der Waals surface area contributed by atoms with Crippen molar-refractivity contribution in [2.75, 3.05) is 26.2 Å². The second-order valence-corrected chi connectivity index (χ2v) is 11.4. The van der Waals surface area contributed by atoms with Crippen molar-refractivity contribution in [3.05, 3.63) is 92.5 Å². The Balaban J connectivity index is 1.78. The molecule has 2 fully saturated rings. The third-order valence-electron chi connectivity index (χ3n) is 9.14. The fourth-order valence-electron chi connectivity index (χ4n) is 6.94. The Morgan fingerprint density at radius 3 is 2.13 bits per heavy atom. The van der Waals surface area contributed by atoms with Gasteiger partial charge in [0.05, 0.1) is 43.8 Å². The maximum Gasteiger partial charge on any atom is 0.341 e. The monoisotopic (exact) mass is 645 g/mol. The molecule has 2 saturated heterocycles. The molecule has 13 nitrogen and oxygen atoms in total. The number of carboxylic acid groups (broad SMARTS) is 1. The molecule has 2 aliphatic heterocycles. The zero-order valence-corrected chi connectivity index (χ0v) is 26.6. The number of methoxy groups -OCH3 is 3. The van der Waals surface area contributed by atoms with Crippen LogP contribution in [0.2, 0.25) is 0 Å². The van der Waals surface area contributed by atoms with Crippen LogP contribution in [0.5, 0.6) is 11.5 Å². The first kappa shape index (κ1) is 33.1. The number of imide groups is 1. The van der Waals surface area contributed by atoms with Gasteiger partial charge in [-0.3, -0.25) is 29.8 Å². The van der Waals surface area contributed by atoms with Crippen LogP contribution < -0.4 is 19.7 Å². The SMILES string of the molecule is CCc1cccc(CC)c1N1C(=O)C2C(c3cc(OC)cc(OC)c3C(=O)OC)NC(Cc3ccc([N+](=O)[O-])cc3)(C(=O)O)C2C1=O. The molecule has 4 unspecified atom stereocenters. The van der Waals surface area contributed by atoms with Crippen molar-refractivity contribution >= 4 is 35.1 Å². The summed E-state index contributed by atoms with van der Waals surface area (Å²) in [6, 6.07) is 12.6. The highest BCUT2D eigenvalue weighted by atomic mass is 16.6. The molecule has 0 bridgehead atoms. The molecule has 13 heteroatoms. The predicted molar refractivity (Wildman–Crippen MR) is 169 cm³/mol. The quantitative estimate of drug-likeness (QED) is 0.133. The number of hydrogen-bond acceptors (Lipinski definition) is 10. The standard InChI is InChI=1S/C34H35N3O10/c1-6-19-9-8-10-20(7-2)29(19)36-30(38)26-27(31(36)39)34(33(41)42,17-18-11-13-21(14-12-18)37(43)44)35-28(26)23-15-22(45-3)16-24(46-4)25(23)32(40)47-5/h8-16,26-28,35H,6-7,17H2,1-5H3,(H,41,42). The van der Waals surface area contributed by atoms with E-state index in [4.69, 9.17) is 14.2 Å². The van der Waals surface area contributed by atoms with Crippen molar-refractivity contribution in [1.29, 1.82) is 0 Å². The van der Waals surface area contributed by atoms with Crippen LogP contribution in [0.4, 0.5) is 11.4 Å². The van der Waals surface area contributed by atoms with Gasteiger partial charge in [0.2, 0.25) is 11.8 Å². The number of nitro groups is 1. The summed E-state index contributed by atoms with van der Waals surface area (Å²) in [6.07, 6.45) is 0.697. The highest BCUT2D eigenvalue weighted by Gasteiger charge is 2.69. The van der Waals surface area contributed by atoms with Gasteiger partial charge in [0.1, 0.15) is 22.6 Å². The Morgan fingerprint density at radius 1 is 0.979 bits per heavy atom. The minimum Gasteiger partial charge on any atom is -0.497 e. The van der Waals surface area contributed by atoms with Crippen LogP contribution in [0.15, 0.2) is 54.6 Å². The third kappa shape index (κ3) is 5.35. The van der Waals surface area contributed by atoms with Crippen LogP contribution in [-0.4, -0.2) is 60.7 Å². The normalized spacial score (nSPS) is 21.8. The number of hydrogen-bond donors (Lipinski definition) is 2. The number of fused-ring (bicyclic) bond motifs is 1. The first-order valence-corrected chi connectivity index (χ1v) is 15.0. The number of rotatable bonds is 11. The molecule has 0 radical (unpaired) electrons. The van der Waals surface area contributed by atoms with Crippen LogP contribution in [0.3, 0.4) is 0 Å². The molecule has 2 amide bonds. The van der Waals surface area contributed by atoms with E-state index in [1.165, 1.54) is 57.7 Å². The lowest BCUT2D eigenvalue weighted by atomic mass is 9.76. The summed E-state index contributed by atoms with van der Waals surface area (Å²) in [5.74, 6) is -5.96. The number of nitrogens with one attached hydrogen (secondary N) is 1. The molecular formula is C34H35N3O10. The maximum absolute atomic E-state index is 14.7. The number of aryl methyl sites for hydroxylation is 2. The smallest absolute Gasteiger partial charge is 0.341 e. The molecule has 3 aromatic rings. The number of aliphatic carboxylic acids is 1. The van der Waals surface area contributed by atoms with Gasteiger partial charge >= 0.3 is 11.9 Å². The highest BCUT2D eigenvalue weighted by molar-refractivity contribution is 6.25. The first-order chi connectivity index (χ1) is 22.5. The molecular weight excluding hydrogens is 610 g/mol. The Bertz CT molecular complexity index is 1750. The van der Waals surface area contributed by atoms with E-state index < -0.39 is 52.1 Å². The van der Waals surface area contributed by atoms with Crippen molar-refractivity contribution in [2.45, 2.75) is 44.7 Å². The summed E-state index contributed by atoms with van der Waals surface area (Å²) in [7, 11) is 3.92. The van der Waals surface area contributed by atoms with Gasteiger partial charge < -0.3 is 19.3 Å². The summed E-state index contributed by atoms with van der Waals surface area (Å²) in [5.41, 5.74) is 0.0959. The number of para-hydroxylation sites is 1.